The monoisotopic (exact) mass is 225 g/mol. The van der Waals surface area contributed by atoms with Crippen LogP contribution in [0.15, 0.2) is 12.4 Å². The van der Waals surface area contributed by atoms with E-state index < -0.39 is 0 Å². The van der Waals surface area contributed by atoms with Crippen LogP contribution in [0.2, 0.25) is 0 Å². The number of rotatable bonds is 5. The van der Waals surface area contributed by atoms with Crippen LogP contribution in [0.5, 0.6) is 0 Å². The van der Waals surface area contributed by atoms with Gasteiger partial charge in [-0.15, -0.1) is 0 Å². The molecule has 0 saturated carbocycles. The highest BCUT2D eigenvalue weighted by Crippen LogP contribution is 2.05. The highest BCUT2D eigenvalue weighted by atomic mass is 16.5. The topological polar surface area (TPSA) is 73.2 Å². The third-order valence-corrected chi connectivity index (χ3v) is 1.91. The van der Waals surface area contributed by atoms with Gasteiger partial charge < -0.3 is 10.1 Å². The minimum absolute atomic E-state index is 0.0418. The van der Waals surface area contributed by atoms with Crippen LogP contribution >= 0.6 is 0 Å². The van der Waals surface area contributed by atoms with Gasteiger partial charge in [0.1, 0.15) is 6.54 Å². The molecule has 0 saturated heterocycles. The number of ether oxygens (including phenoxy) is 1. The van der Waals surface area contributed by atoms with E-state index in [1.54, 1.807) is 6.20 Å². The molecule has 1 amide bonds. The largest absolute Gasteiger partial charge is 0.468 e. The lowest BCUT2D eigenvalue weighted by Crippen LogP contribution is -2.12. The van der Waals surface area contributed by atoms with E-state index in [-0.39, 0.29) is 18.4 Å². The Kier molecular flexibility index (Phi) is 4.50. The van der Waals surface area contributed by atoms with Crippen LogP contribution in [0, 0.1) is 0 Å². The van der Waals surface area contributed by atoms with Gasteiger partial charge in [-0.1, -0.05) is 6.92 Å². The molecular weight excluding hydrogens is 210 g/mol. The number of methoxy groups -OCH3 is 1. The molecule has 0 aliphatic carbocycles. The van der Waals surface area contributed by atoms with Crippen LogP contribution in [0.4, 0.5) is 5.69 Å². The van der Waals surface area contributed by atoms with Crippen LogP contribution in [0.3, 0.4) is 0 Å². The number of amides is 1. The van der Waals surface area contributed by atoms with Crippen molar-refractivity contribution in [3.8, 4) is 0 Å². The van der Waals surface area contributed by atoms with Crippen LogP contribution in [0.1, 0.15) is 19.8 Å². The van der Waals surface area contributed by atoms with Gasteiger partial charge in [-0.2, -0.15) is 5.10 Å². The molecule has 1 rings (SSSR count). The normalized spacial score (nSPS) is 9.88. The second-order valence-electron chi connectivity index (χ2n) is 3.30. The van der Waals surface area contributed by atoms with Gasteiger partial charge in [0.05, 0.1) is 19.0 Å². The molecule has 1 N–H and O–H groups in total. The van der Waals surface area contributed by atoms with Crippen LogP contribution in [-0.2, 0) is 20.9 Å². The molecule has 0 bridgehead atoms. The summed E-state index contributed by atoms with van der Waals surface area (Å²) in [6, 6.07) is 0. The van der Waals surface area contributed by atoms with E-state index in [9.17, 15) is 9.59 Å². The van der Waals surface area contributed by atoms with Crippen molar-refractivity contribution in [1.82, 2.24) is 9.78 Å². The molecule has 6 heteroatoms. The number of carbonyl (C=O) groups excluding carboxylic acids is 2. The second kappa shape index (κ2) is 5.89. The molecule has 6 nitrogen and oxygen atoms in total. The van der Waals surface area contributed by atoms with E-state index in [4.69, 9.17) is 0 Å². The SMILES string of the molecule is CCCC(=O)Nc1cnn(CC(=O)OC)c1. The predicted octanol–water partition coefficient (Wildman–Crippen LogP) is 0.795. The number of hydrogen-bond donors (Lipinski definition) is 1. The number of nitrogens with zero attached hydrogens (tertiary/aromatic N) is 2. The third-order valence-electron chi connectivity index (χ3n) is 1.91. The summed E-state index contributed by atoms with van der Waals surface area (Å²) < 4.78 is 5.91. The molecule has 0 atom stereocenters. The van der Waals surface area contributed by atoms with Crippen molar-refractivity contribution < 1.29 is 14.3 Å². The van der Waals surface area contributed by atoms with Crippen molar-refractivity contribution in [3.05, 3.63) is 12.4 Å². The van der Waals surface area contributed by atoms with Gasteiger partial charge >= 0.3 is 5.97 Å². The fourth-order valence-corrected chi connectivity index (χ4v) is 1.16. The summed E-state index contributed by atoms with van der Waals surface area (Å²) in [6.45, 7) is 1.97. The summed E-state index contributed by atoms with van der Waals surface area (Å²) in [7, 11) is 1.32. The highest BCUT2D eigenvalue weighted by Gasteiger charge is 2.06. The van der Waals surface area contributed by atoms with Crippen LogP contribution in [-0.4, -0.2) is 28.8 Å². The van der Waals surface area contributed by atoms with Gasteiger partial charge in [0, 0.05) is 12.6 Å². The fraction of sp³-hybridized carbons (Fsp3) is 0.500. The quantitative estimate of drug-likeness (QED) is 0.752. The summed E-state index contributed by atoms with van der Waals surface area (Å²) in [5.74, 6) is -0.436. The zero-order valence-corrected chi connectivity index (χ0v) is 9.40. The number of carbonyl (C=O) groups is 2. The summed E-state index contributed by atoms with van der Waals surface area (Å²) >= 11 is 0. The zero-order chi connectivity index (χ0) is 12.0. The molecule has 0 aromatic carbocycles. The smallest absolute Gasteiger partial charge is 0.327 e. The summed E-state index contributed by atoms with van der Waals surface area (Å²) in [4.78, 5) is 22.2. The summed E-state index contributed by atoms with van der Waals surface area (Å²) in [6.07, 6.45) is 4.35. The minimum Gasteiger partial charge on any atom is -0.468 e. The average Bonchev–Trinajstić information content (AvgIpc) is 2.65. The molecule has 0 aliphatic rings. The van der Waals surface area contributed by atoms with Gasteiger partial charge in [0.15, 0.2) is 0 Å². The molecule has 0 aliphatic heterocycles. The Hall–Kier alpha value is -1.85. The van der Waals surface area contributed by atoms with Crippen molar-refractivity contribution in [2.24, 2.45) is 0 Å². The van der Waals surface area contributed by atoms with E-state index in [1.165, 1.54) is 18.0 Å². The third kappa shape index (κ3) is 3.72. The molecule has 0 radical (unpaired) electrons. The first-order valence-corrected chi connectivity index (χ1v) is 5.04. The van der Waals surface area contributed by atoms with Crippen molar-refractivity contribution >= 4 is 17.6 Å². The van der Waals surface area contributed by atoms with Crippen LogP contribution in [0.25, 0.3) is 0 Å². The summed E-state index contributed by atoms with van der Waals surface area (Å²) in [5.41, 5.74) is 0.586. The minimum atomic E-state index is -0.380. The van der Waals surface area contributed by atoms with E-state index >= 15 is 0 Å². The van der Waals surface area contributed by atoms with Gasteiger partial charge in [0.25, 0.3) is 0 Å². The molecule has 0 fully saturated rings. The molecule has 1 aromatic heterocycles. The highest BCUT2D eigenvalue weighted by molar-refractivity contribution is 5.90. The number of anilines is 1. The maximum atomic E-state index is 11.3. The van der Waals surface area contributed by atoms with Gasteiger partial charge in [-0.3, -0.25) is 14.3 Å². The maximum absolute atomic E-state index is 11.3. The Labute approximate surface area is 93.6 Å². The Morgan fingerprint density at radius 2 is 2.31 bits per heavy atom. The van der Waals surface area contributed by atoms with E-state index in [1.807, 2.05) is 6.92 Å². The van der Waals surface area contributed by atoms with Gasteiger partial charge in [0.2, 0.25) is 5.91 Å². The first-order valence-electron chi connectivity index (χ1n) is 5.04. The second-order valence-corrected chi connectivity index (χ2v) is 3.30. The molecule has 0 spiro atoms. The van der Waals surface area contributed by atoms with Crippen molar-refractivity contribution in [3.63, 3.8) is 0 Å². The average molecular weight is 225 g/mol. The van der Waals surface area contributed by atoms with E-state index in [0.29, 0.717) is 12.1 Å². The molecular formula is C10H15N3O3. The fourth-order valence-electron chi connectivity index (χ4n) is 1.16. The van der Waals surface area contributed by atoms with E-state index in [2.05, 4.69) is 15.2 Å². The molecule has 88 valence electrons. The van der Waals surface area contributed by atoms with Crippen molar-refractivity contribution in [2.75, 3.05) is 12.4 Å². The first kappa shape index (κ1) is 12.2. The molecule has 1 heterocycles. The number of hydrogen-bond acceptors (Lipinski definition) is 4. The summed E-state index contributed by atoms with van der Waals surface area (Å²) in [5, 5.41) is 6.60. The van der Waals surface area contributed by atoms with Gasteiger partial charge in [-0.05, 0) is 6.42 Å². The lowest BCUT2D eigenvalue weighted by Gasteiger charge is -2.00. The Bertz CT molecular complexity index is 373. The predicted molar refractivity (Wildman–Crippen MR) is 57.8 cm³/mol. The molecule has 0 unspecified atom stereocenters. The number of aromatic nitrogens is 2. The molecule has 1 aromatic rings. The number of nitrogens with one attached hydrogen (secondary N) is 1. The molecule has 16 heavy (non-hydrogen) atoms. The van der Waals surface area contributed by atoms with Crippen molar-refractivity contribution in [2.45, 2.75) is 26.3 Å². The lowest BCUT2D eigenvalue weighted by atomic mass is 10.3. The first-order chi connectivity index (χ1) is 7.65. The van der Waals surface area contributed by atoms with Gasteiger partial charge in [-0.25, -0.2) is 0 Å². The Balaban J connectivity index is 2.51. The van der Waals surface area contributed by atoms with Crippen LogP contribution < -0.4 is 5.32 Å². The standard InChI is InChI=1S/C10H15N3O3/c1-3-4-9(14)12-8-5-11-13(6-8)7-10(15)16-2/h5-6H,3-4,7H2,1-2H3,(H,12,14). The zero-order valence-electron chi connectivity index (χ0n) is 9.40. The Morgan fingerprint density at radius 1 is 1.56 bits per heavy atom. The Morgan fingerprint density at radius 3 is 2.94 bits per heavy atom. The number of esters is 1. The lowest BCUT2D eigenvalue weighted by molar-refractivity contribution is -0.141. The van der Waals surface area contributed by atoms with Crippen molar-refractivity contribution in [1.29, 1.82) is 0 Å². The maximum Gasteiger partial charge on any atom is 0.327 e. The van der Waals surface area contributed by atoms with E-state index in [0.717, 1.165) is 6.42 Å².